The van der Waals surface area contributed by atoms with Gasteiger partial charge in [-0.15, -0.1) is 0 Å². The third-order valence-corrected chi connectivity index (χ3v) is 3.62. The number of rotatable bonds is 8. The van der Waals surface area contributed by atoms with Gasteiger partial charge in [0.2, 0.25) is 0 Å². The van der Waals surface area contributed by atoms with Crippen molar-refractivity contribution in [3.8, 4) is 5.75 Å². The minimum Gasteiger partial charge on any atom is -0.497 e. The zero-order valence-electron chi connectivity index (χ0n) is 12.7. The fourth-order valence-corrected chi connectivity index (χ4v) is 2.41. The molecule has 0 aliphatic heterocycles. The van der Waals surface area contributed by atoms with Crippen LogP contribution in [0, 0.1) is 10.1 Å². The van der Waals surface area contributed by atoms with Crippen LogP contribution in [-0.2, 0) is 0 Å². The molecule has 0 heterocycles. The zero-order chi connectivity index (χ0) is 15.1. The lowest BCUT2D eigenvalue weighted by atomic mass is 9.90. The van der Waals surface area contributed by atoms with Crippen molar-refractivity contribution < 1.29 is 9.66 Å². The van der Waals surface area contributed by atoms with Crippen LogP contribution in [0.2, 0.25) is 0 Å². The summed E-state index contributed by atoms with van der Waals surface area (Å²) < 4.78 is 5.07. The lowest BCUT2D eigenvalue weighted by molar-refractivity contribution is -0.385. The number of nitro benzene ring substituents is 1. The third kappa shape index (κ3) is 3.93. The third-order valence-electron chi connectivity index (χ3n) is 3.62. The van der Waals surface area contributed by atoms with E-state index < -0.39 is 0 Å². The minimum atomic E-state index is -0.332. The Bertz CT molecular complexity index is 449. The van der Waals surface area contributed by atoms with Gasteiger partial charge in [-0.1, -0.05) is 20.8 Å². The molecular formula is C15H24N2O3. The average Bonchev–Trinajstić information content (AvgIpc) is 2.47. The van der Waals surface area contributed by atoms with Crippen molar-refractivity contribution in [3.05, 3.63) is 33.9 Å². The maximum Gasteiger partial charge on any atom is 0.276 e. The molecule has 0 bridgehead atoms. The standard InChI is InChI=1S/C15H24N2O3/c1-5-9-16-14(6-2)11(3)13-8-7-12(20-4)10-15(13)17(18)19/h7-8,10-11,14,16H,5-6,9H2,1-4H3. The van der Waals surface area contributed by atoms with Crippen LogP contribution in [0.15, 0.2) is 18.2 Å². The highest BCUT2D eigenvalue weighted by atomic mass is 16.6. The molecule has 0 spiro atoms. The minimum absolute atomic E-state index is 0.0813. The number of hydrogen-bond donors (Lipinski definition) is 1. The monoisotopic (exact) mass is 280 g/mol. The molecular weight excluding hydrogens is 256 g/mol. The summed E-state index contributed by atoms with van der Waals surface area (Å²) in [5.74, 6) is 0.597. The van der Waals surface area contributed by atoms with E-state index in [1.165, 1.54) is 13.2 Å². The maximum atomic E-state index is 11.2. The number of nitro groups is 1. The molecule has 0 aromatic heterocycles. The molecule has 1 rings (SSSR count). The smallest absolute Gasteiger partial charge is 0.276 e. The van der Waals surface area contributed by atoms with Gasteiger partial charge in [0.05, 0.1) is 18.1 Å². The molecule has 20 heavy (non-hydrogen) atoms. The molecule has 5 nitrogen and oxygen atoms in total. The number of methoxy groups -OCH3 is 1. The van der Waals surface area contributed by atoms with Crippen LogP contribution >= 0.6 is 0 Å². The van der Waals surface area contributed by atoms with Gasteiger partial charge in [-0.25, -0.2) is 0 Å². The number of ether oxygens (including phenoxy) is 1. The van der Waals surface area contributed by atoms with E-state index in [-0.39, 0.29) is 22.6 Å². The lowest BCUT2D eigenvalue weighted by Crippen LogP contribution is -2.34. The quantitative estimate of drug-likeness (QED) is 0.585. The van der Waals surface area contributed by atoms with Gasteiger partial charge >= 0.3 is 0 Å². The van der Waals surface area contributed by atoms with Crippen LogP contribution in [-0.4, -0.2) is 24.6 Å². The molecule has 0 radical (unpaired) electrons. The van der Waals surface area contributed by atoms with Crippen LogP contribution in [0.4, 0.5) is 5.69 Å². The predicted molar refractivity (Wildman–Crippen MR) is 80.4 cm³/mol. The summed E-state index contributed by atoms with van der Waals surface area (Å²) >= 11 is 0. The fraction of sp³-hybridized carbons (Fsp3) is 0.600. The summed E-state index contributed by atoms with van der Waals surface area (Å²) in [7, 11) is 1.51. The van der Waals surface area contributed by atoms with Crippen molar-refractivity contribution in [1.29, 1.82) is 0 Å². The predicted octanol–water partition coefficient (Wildman–Crippen LogP) is 3.49. The SMILES string of the molecule is CCCNC(CC)C(C)c1ccc(OC)cc1[N+](=O)[O-]. The molecule has 1 aromatic carbocycles. The topological polar surface area (TPSA) is 64.4 Å². The van der Waals surface area contributed by atoms with Gasteiger partial charge in [-0.05, 0) is 31.5 Å². The molecule has 1 aromatic rings. The van der Waals surface area contributed by atoms with Gasteiger partial charge in [0.15, 0.2) is 0 Å². The van der Waals surface area contributed by atoms with Gasteiger partial charge < -0.3 is 10.1 Å². The van der Waals surface area contributed by atoms with Crippen LogP contribution < -0.4 is 10.1 Å². The first-order chi connectivity index (χ1) is 9.54. The average molecular weight is 280 g/mol. The lowest BCUT2D eigenvalue weighted by Gasteiger charge is -2.24. The molecule has 2 atom stereocenters. The van der Waals surface area contributed by atoms with Crippen LogP contribution in [0.1, 0.15) is 45.1 Å². The van der Waals surface area contributed by atoms with Gasteiger partial charge in [0.25, 0.3) is 5.69 Å². The van der Waals surface area contributed by atoms with Crippen LogP contribution in [0.3, 0.4) is 0 Å². The second-order valence-corrected chi connectivity index (χ2v) is 4.94. The van der Waals surface area contributed by atoms with Gasteiger partial charge in [0, 0.05) is 17.5 Å². The molecule has 0 aliphatic rings. The van der Waals surface area contributed by atoms with Gasteiger partial charge in [-0.2, -0.15) is 0 Å². The molecule has 0 fully saturated rings. The van der Waals surface area contributed by atoms with Crippen LogP contribution in [0.5, 0.6) is 5.75 Å². The summed E-state index contributed by atoms with van der Waals surface area (Å²) in [6, 6.07) is 5.32. The summed E-state index contributed by atoms with van der Waals surface area (Å²) in [6.45, 7) is 7.16. The first-order valence-corrected chi connectivity index (χ1v) is 7.10. The molecule has 5 heteroatoms. The Labute approximate surface area is 120 Å². The Balaban J connectivity index is 3.06. The van der Waals surface area contributed by atoms with E-state index in [1.54, 1.807) is 12.1 Å². The first-order valence-electron chi connectivity index (χ1n) is 7.10. The second-order valence-electron chi connectivity index (χ2n) is 4.94. The Morgan fingerprint density at radius 1 is 1.40 bits per heavy atom. The summed E-state index contributed by atoms with van der Waals surface area (Å²) in [5.41, 5.74) is 0.889. The molecule has 0 aliphatic carbocycles. The Morgan fingerprint density at radius 2 is 2.10 bits per heavy atom. The summed E-state index contributed by atoms with van der Waals surface area (Å²) in [5, 5.41) is 14.7. The number of benzene rings is 1. The van der Waals surface area contributed by atoms with Crippen molar-refractivity contribution in [2.45, 2.75) is 45.6 Å². The number of nitrogens with zero attached hydrogens (tertiary/aromatic N) is 1. The summed E-state index contributed by atoms with van der Waals surface area (Å²) in [6.07, 6.45) is 1.98. The molecule has 0 amide bonds. The van der Waals surface area contributed by atoms with Crippen molar-refractivity contribution in [2.75, 3.05) is 13.7 Å². The van der Waals surface area contributed by atoms with E-state index in [0.29, 0.717) is 5.75 Å². The highest BCUT2D eigenvalue weighted by Crippen LogP contribution is 2.32. The van der Waals surface area contributed by atoms with E-state index in [1.807, 2.05) is 6.92 Å². The van der Waals surface area contributed by atoms with E-state index in [4.69, 9.17) is 4.74 Å². The first kappa shape index (κ1) is 16.4. The van der Waals surface area contributed by atoms with E-state index in [9.17, 15) is 10.1 Å². The molecule has 112 valence electrons. The van der Waals surface area contributed by atoms with E-state index in [2.05, 4.69) is 19.2 Å². The number of hydrogen-bond acceptors (Lipinski definition) is 4. The normalized spacial score (nSPS) is 13.8. The molecule has 1 N–H and O–H groups in total. The van der Waals surface area contributed by atoms with Crippen molar-refractivity contribution >= 4 is 5.69 Å². The van der Waals surface area contributed by atoms with Gasteiger partial charge in [0.1, 0.15) is 5.75 Å². The highest BCUT2D eigenvalue weighted by molar-refractivity contribution is 5.48. The largest absolute Gasteiger partial charge is 0.497 e. The van der Waals surface area contributed by atoms with E-state index >= 15 is 0 Å². The van der Waals surface area contributed by atoms with Crippen molar-refractivity contribution in [2.24, 2.45) is 0 Å². The Kier molecular flexibility index (Phi) is 6.45. The van der Waals surface area contributed by atoms with Crippen molar-refractivity contribution in [1.82, 2.24) is 5.32 Å². The maximum absolute atomic E-state index is 11.2. The van der Waals surface area contributed by atoms with Crippen molar-refractivity contribution in [3.63, 3.8) is 0 Å². The van der Waals surface area contributed by atoms with Crippen LogP contribution in [0.25, 0.3) is 0 Å². The van der Waals surface area contributed by atoms with E-state index in [0.717, 1.165) is 24.9 Å². The molecule has 0 saturated heterocycles. The highest BCUT2D eigenvalue weighted by Gasteiger charge is 2.25. The zero-order valence-corrected chi connectivity index (χ0v) is 12.7. The molecule has 2 unspecified atom stereocenters. The van der Waals surface area contributed by atoms with Gasteiger partial charge in [-0.3, -0.25) is 10.1 Å². The Hall–Kier alpha value is -1.62. The Morgan fingerprint density at radius 3 is 2.60 bits per heavy atom. The number of nitrogens with one attached hydrogen (secondary N) is 1. The fourth-order valence-electron chi connectivity index (χ4n) is 2.41. The molecule has 0 saturated carbocycles. The second kappa shape index (κ2) is 7.85. The summed E-state index contributed by atoms with van der Waals surface area (Å²) in [4.78, 5) is 10.9.